The number of benzene rings is 1. The predicted octanol–water partition coefficient (Wildman–Crippen LogP) is 2.85. The van der Waals surface area contributed by atoms with Crippen LogP contribution in [0.5, 0.6) is 0 Å². The van der Waals surface area contributed by atoms with Gasteiger partial charge in [0.25, 0.3) is 0 Å². The van der Waals surface area contributed by atoms with Gasteiger partial charge in [0.1, 0.15) is 12.4 Å². The number of aldehydes is 1. The van der Waals surface area contributed by atoms with E-state index in [0.29, 0.717) is 23.0 Å². The molecule has 0 bridgehead atoms. The Kier molecular flexibility index (Phi) is 3.66. The lowest BCUT2D eigenvalue weighted by Gasteiger charge is -2.37. The molecule has 1 aliphatic rings. The monoisotopic (exact) mass is 242 g/mol. The molecule has 2 unspecified atom stereocenters. The summed E-state index contributed by atoms with van der Waals surface area (Å²) in [6.45, 7) is 6.46. The fourth-order valence-corrected chi connectivity index (χ4v) is 2.85. The van der Waals surface area contributed by atoms with Gasteiger partial charge in [-0.1, -0.05) is 13.8 Å². The van der Waals surface area contributed by atoms with Gasteiger partial charge < -0.3 is 4.90 Å². The minimum Gasteiger partial charge on any atom is -0.370 e. The van der Waals surface area contributed by atoms with Gasteiger partial charge in [-0.15, -0.1) is 0 Å². The minimum absolute atomic E-state index is 0.563. The maximum Gasteiger partial charge on any atom is 0.150 e. The van der Waals surface area contributed by atoms with Gasteiger partial charge in [-0.05, 0) is 36.5 Å². The first-order valence-corrected chi connectivity index (χ1v) is 6.38. The zero-order chi connectivity index (χ0) is 13.1. The van der Waals surface area contributed by atoms with Crippen molar-refractivity contribution in [2.75, 3.05) is 18.0 Å². The third-order valence-corrected chi connectivity index (χ3v) is 3.49. The van der Waals surface area contributed by atoms with Crippen molar-refractivity contribution in [3.8, 4) is 6.07 Å². The second-order valence-corrected chi connectivity index (χ2v) is 5.36. The van der Waals surface area contributed by atoms with Crippen molar-refractivity contribution >= 4 is 12.0 Å². The highest BCUT2D eigenvalue weighted by Gasteiger charge is 2.23. The molecule has 0 spiro atoms. The fourth-order valence-electron chi connectivity index (χ4n) is 2.85. The maximum absolute atomic E-state index is 10.7. The first-order chi connectivity index (χ1) is 8.63. The van der Waals surface area contributed by atoms with Crippen molar-refractivity contribution in [2.24, 2.45) is 11.8 Å². The minimum atomic E-state index is 0.563. The molecule has 1 aromatic carbocycles. The lowest BCUT2D eigenvalue weighted by Crippen LogP contribution is -2.39. The van der Waals surface area contributed by atoms with Crippen LogP contribution in [0, 0.1) is 23.2 Å². The number of piperidine rings is 1. The summed E-state index contributed by atoms with van der Waals surface area (Å²) in [5, 5.41) is 9.21. The van der Waals surface area contributed by atoms with Crippen LogP contribution in [0.25, 0.3) is 0 Å². The highest BCUT2D eigenvalue weighted by Crippen LogP contribution is 2.28. The van der Waals surface area contributed by atoms with E-state index in [0.717, 1.165) is 25.1 Å². The largest absolute Gasteiger partial charge is 0.370 e. The van der Waals surface area contributed by atoms with Crippen LogP contribution in [0.15, 0.2) is 18.2 Å². The Balaban J connectivity index is 2.32. The number of anilines is 1. The second kappa shape index (κ2) is 5.22. The molecule has 1 heterocycles. The van der Waals surface area contributed by atoms with Crippen LogP contribution in [0.4, 0.5) is 5.69 Å². The Morgan fingerprint density at radius 3 is 2.56 bits per heavy atom. The number of carbonyl (C=O) groups excluding carboxylic acids is 1. The molecule has 0 radical (unpaired) electrons. The van der Waals surface area contributed by atoms with Crippen LogP contribution in [0.2, 0.25) is 0 Å². The van der Waals surface area contributed by atoms with E-state index in [1.165, 1.54) is 6.42 Å². The number of nitrogens with zero attached hydrogens (tertiary/aromatic N) is 2. The van der Waals surface area contributed by atoms with Gasteiger partial charge in [-0.25, -0.2) is 0 Å². The summed E-state index contributed by atoms with van der Waals surface area (Å²) in [7, 11) is 0. The molecule has 2 rings (SSSR count). The zero-order valence-electron chi connectivity index (χ0n) is 10.9. The molecule has 1 aliphatic heterocycles. The molecule has 1 aromatic rings. The zero-order valence-corrected chi connectivity index (χ0v) is 10.9. The molecule has 0 amide bonds. The average molecular weight is 242 g/mol. The number of nitriles is 1. The molecule has 1 saturated heterocycles. The van der Waals surface area contributed by atoms with Gasteiger partial charge >= 0.3 is 0 Å². The molecule has 18 heavy (non-hydrogen) atoms. The SMILES string of the molecule is CC1CC(C)CN(c2ccc(C=O)cc2C#N)C1. The van der Waals surface area contributed by atoms with E-state index in [2.05, 4.69) is 24.8 Å². The van der Waals surface area contributed by atoms with Crippen LogP contribution < -0.4 is 4.90 Å². The van der Waals surface area contributed by atoms with Crippen LogP contribution in [-0.4, -0.2) is 19.4 Å². The van der Waals surface area contributed by atoms with E-state index in [-0.39, 0.29) is 0 Å². The number of rotatable bonds is 2. The Morgan fingerprint density at radius 2 is 2.00 bits per heavy atom. The summed E-state index contributed by atoms with van der Waals surface area (Å²) >= 11 is 0. The fraction of sp³-hybridized carbons (Fsp3) is 0.467. The van der Waals surface area contributed by atoms with Gasteiger partial charge in [0.05, 0.1) is 11.3 Å². The Morgan fingerprint density at radius 1 is 1.33 bits per heavy atom. The lowest BCUT2D eigenvalue weighted by atomic mass is 9.91. The molecule has 2 atom stereocenters. The van der Waals surface area contributed by atoms with Crippen molar-refractivity contribution < 1.29 is 4.79 Å². The van der Waals surface area contributed by atoms with E-state index < -0.39 is 0 Å². The lowest BCUT2D eigenvalue weighted by molar-refractivity contribution is 0.112. The van der Waals surface area contributed by atoms with Gasteiger partial charge in [0.2, 0.25) is 0 Å². The second-order valence-electron chi connectivity index (χ2n) is 5.36. The summed E-state index contributed by atoms with van der Waals surface area (Å²) in [5.41, 5.74) is 2.12. The quantitative estimate of drug-likeness (QED) is 0.749. The number of hydrogen-bond donors (Lipinski definition) is 0. The molecule has 0 aliphatic carbocycles. The van der Waals surface area contributed by atoms with Crippen LogP contribution >= 0.6 is 0 Å². The Hall–Kier alpha value is -1.82. The molecule has 94 valence electrons. The van der Waals surface area contributed by atoms with Crippen molar-refractivity contribution in [3.05, 3.63) is 29.3 Å². The van der Waals surface area contributed by atoms with Crippen LogP contribution in [0.3, 0.4) is 0 Å². The van der Waals surface area contributed by atoms with Crippen LogP contribution in [-0.2, 0) is 0 Å². The summed E-state index contributed by atoms with van der Waals surface area (Å²) in [6.07, 6.45) is 2.02. The third kappa shape index (κ3) is 2.53. The number of hydrogen-bond acceptors (Lipinski definition) is 3. The molecule has 3 nitrogen and oxygen atoms in total. The summed E-state index contributed by atoms with van der Waals surface area (Å²) in [5.74, 6) is 1.29. The van der Waals surface area contributed by atoms with E-state index in [1.807, 2.05) is 6.07 Å². The third-order valence-electron chi connectivity index (χ3n) is 3.49. The van der Waals surface area contributed by atoms with Crippen LogP contribution in [0.1, 0.15) is 36.2 Å². The van der Waals surface area contributed by atoms with Gasteiger partial charge in [0.15, 0.2) is 0 Å². The highest BCUT2D eigenvalue weighted by molar-refractivity contribution is 5.78. The van der Waals surface area contributed by atoms with Crippen molar-refractivity contribution in [1.82, 2.24) is 0 Å². The molecule has 0 saturated carbocycles. The maximum atomic E-state index is 10.7. The number of carbonyl (C=O) groups is 1. The average Bonchev–Trinajstić information content (AvgIpc) is 2.36. The summed E-state index contributed by atoms with van der Waals surface area (Å²) in [6, 6.07) is 7.55. The standard InChI is InChI=1S/C15H18N2O/c1-11-5-12(2)9-17(8-11)15-4-3-13(10-18)6-14(15)7-16/h3-4,6,10-12H,5,8-9H2,1-2H3. The van der Waals surface area contributed by atoms with E-state index in [4.69, 9.17) is 0 Å². The molecule has 0 aromatic heterocycles. The predicted molar refractivity (Wildman–Crippen MR) is 71.7 cm³/mol. The van der Waals surface area contributed by atoms with E-state index in [9.17, 15) is 10.1 Å². The first kappa shape index (κ1) is 12.6. The Bertz CT molecular complexity index is 480. The van der Waals surface area contributed by atoms with Crippen molar-refractivity contribution in [3.63, 3.8) is 0 Å². The molecule has 0 N–H and O–H groups in total. The van der Waals surface area contributed by atoms with Crippen molar-refractivity contribution in [2.45, 2.75) is 20.3 Å². The molecular weight excluding hydrogens is 224 g/mol. The summed E-state index contributed by atoms with van der Waals surface area (Å²) < 4.78 is 0. The van der Waals surface area contributed by atoms with E-state index >= 15 is 0 Å². The molecule has 3 heteroatoms. The smallest absolute Gasteiger partial charge is 0.150 e. The van der Waals surface area contributed by atoms with Crippen molar-refractivity contribution in [1.29, 1.82) is 5.26 Å². The highest BCUT2D eigenvalue weighted by atomic mass is 16.1. The summed E-state index contributed by atoms with van der Waals surface area (Å²) in [4.78, 5) is 13.0. The Labute approximate surface area is 108 Å². The van der Waals surface area contributed by atoms with E-state index in [1.54, 1.807) is 12.1 Å². The van der Waals surface area contributed by atoms with Gasteiger partial charge in [-0.2, -0.15) is 5.26 Å². The molecule has 1 fully saturated rings. The molecular formula is C15H18N2O. The normalized spacial score (nSPS) is 23.5. The van der Waals surface area contributed by atoms with Gasteiger partial charge in [0, 0.05) is 18.7 Å². The topological polar surface area (TPSA) is 44.1 Å². The van der Waals surface area contributed by atoms with Gasteiger partial charge in [-0.3, -0.25) is 4.79 Å². The first-order valence-electron chi connectivity index (χ1n) is 6.38.